The van der Waals surface area contributed by atoms with Gasteiger partial charge in [-0.15, -0.1) is 0 Å². The van der Waals surface area contributed by atoms with Crippen molar-refractivity contribution >= 4 is 16.9 Å². The standard InChI is InChI=1S/C16H13N7/c1-23-16(18-12-9-5-6-10-17-12)15-14(19-22-20-15)13(21-23)11-7-3-2-4-8-11/h2-10H,1H3,(H,19,20,22)/b18-16-. The van der Waals surface area contributed by atoms with Crippen molar-refractivity contribution in [2.75, 3.05) is 0 Å². The molecule has 0 unspecified atom stereocenters. The summed E-state index contributed by atoms with van der Waals surface area (Å²) >= 11 is 0. The summed E-state index contributed by atoms with van der Waals surface area (Å²) in [5.41, 5.74) is 3.69. The van der Waals surface area contributed by atoms with E-state index in [0.29, 0.717) is 22.3 Å². The van der Waals surface area contributed by atoms with Crippen molar-refractivity contribution in [3.63, 3.8) is 0 Å². The quantitative estimate of drug-likeness (QED) is 0.613. The lowest BCUT2D eigenvalue weighted by atomic mass is 10.1. The Hall–Kier alpha value is -3.35. The van der Waals surface area contributed by atoms with Crippen LogP contribution in [0, 0.1) is 0 Å². The van der Waals surface area contributed by atoms with Gasteiger partial charge in [0.15, 0.2) is 16.8 Å². The highest BCUT2D eigenvalue weighted by Crippen LogP contribution is 2.21. The molecule has 0 atom stereocenters. The Morgan fingerprint density at radius 3 is 2.52 bits per heavy atom. The zero-order valence-electron chi connectivity index (χ0n) is 12.4. The second-order valence-corrected chi connectivity index (χ2v) is 4.98. The highest BCUT2D eigenvalue weighted by Gasteiger charge is 2.13. The largest absolute Gasteiger partial charge is 0.248 e. The Morgan fingerprint density at radius 2 is 1.74 bits per heavy atom. The first kappa shape index (κ1) is 13.3. The molecule has 4 aromatic rings. The molecule has 0 aliphatic heterocycles. The van der Waals surface area contributed by atoms with Gasteiger partial charge in [0.05, 0.1) is 0 Å². The van der Waals surface area contributed by atoms with Crippen LogP contribution in [-0.2, 0) is 7.05 Å². The third kappa shape index (κ3) is 2.38. The van der Waals surface area contributed by atoms with E-state index < -0.39 is 0 Å². The van der Waals surface area contributed by atoms with E-state index in [1.165, 1.54) is 0 Å². The number of H-pyrrole nitrogens is 1. The summed E-state index contributed by atoms with van der Waals surface area (Å²) in [7, 11) is 1.84. The predicted molar refractivity (Wildman–Crippen MR) is 85.6 cm³/mol. The van der Waals surface area contributed by atoms with Gasteiger partial charge >= 0.3 is 0 Å². The molecule has 0 aliphatic carbocycles. The number of aromatic nitrogens is 6. The van der Waals surface area contributed by atoms with Crippen molar-refractivity contribution in [3.8, 4) is 11.3 Å². The highest BCUT2D eigenvalue weighted by molar-refractivity contribution is 5.87. The number of aromatic amines is 1. The first-order chi connectivity index (χ1) is 11.3. The van der Waals surface area contributed by atoms with Crippen molar-refractivity contribution in [1.29, 1.82) is 0 Å². The van der Waals surface area contributed by atoms with Crippen LogP contribution in [-0.4, -0.2) is 30.2 Å². The molecule has 0 amide bonds. The second-order valence-electron chi connectivity index (χ2n) is 4.98. The summed E-state index contributed by atoms with van der Waals surface area (Å²) in [5, 5.41) is 15.8. The summed E-state index contributed by atoms with van der Waals surface area (Å²) in [4.78, 5) is 8.76. The maximum atomic E-state index is 4.61. The van der Waals surface area contributed by atoms with Gasteiger partial charge in [0.25, 0.3) is 0 Å². The molecule has 3 heterocycles. The van der Waals surface area contributed by atoms with E-state index in [9.17, 15) is 0 Å². The van der Waals surface area contributed by atoms with Crippen LogP contribution in [0.1, 0.15) is 0 Å². The van der Waals surface area contributed by atoms with E-state index in [0.717, 1.165) is 11.3 Å². The van der Waals surface area contributed by atoms with Gasteiger partial charge in [0.2, 0.25) is 0 Å². The van der Waals surface area contributed by atoms with E-state index >= 15 is 0 Å². The first-order valence-electron chi connectivity index (χ1n) is 7.12. The van der Waals surface area contributed by atoms with Crippen molar-refractivity contribution in [2.45, 2.75) is 0 Å². The number of fused-ring (bicyclic) bond motifs is 1. The molecule has 112 valence electrons. The molecule has 7 nitrogen and oxygen atoms in total. The number of pyridine rings is 1. The lowest BCUT2D eigenvalue weighted by Crippen LogP contribution is -2.22. The summed E-state index contributed by atoms with van der Waals surface area (Å²) in [6, 6.07) is 15.5. The predicted octanol–water partition coefficient (Wildman–Crippen LogP) is 1.99. The molecule has 0 saturated heterocycles. The van der Waals surface area contributed by atoms with Crippen LogP contribution >= 0.6 is 0 Å². The van der Waals surface area contributed by atoms with Crippen molar-refractivity contribution in [2.24, 2.45) is 12.0 Å². The number of rotatable bonds is 2. The maximum Gasteiger partial charge on any atom is 0.181 e. The molecule has 3 aromatic heterocycles. The topological polar surface area (TPSA) is 84.6 Å². The van der Waals surface area contributed by atoms with Crippen LogP contribution in [0.4, 0.5) is 5.82 Å². The molecule has 0 saturated carbocycles. The number of hydrogen-bond donors (Lipinski definition) is 1. The molecule has 1 N–H and O–H groups in total. The Morgan fingerprint density at radius 1 is 0.957 bits per heavy atom. The fourth-order valence-electron chi connectivity index (χ4n) is 2.39. The molecular weight excluding hydrogens is 290 g/mol. The summed E-state index contributed by atoms with van der Waals surface area (Å²) < 4.78 is 1.70. The van der Waals surface area contributed by atoms with Gasteiger partial charge in [-0.05, 0) is 12.1 Å². The fraction of sp³-hybridized carbons (Fsp3) is 0.0625. The van der Waals surface area contributed by atoms with Crippen molar-refractivity contribution in [3.05, 3.63) is 60.2 Å². The van der Waals surface area contributed by atoms with E-state index in [1.54, 1.807) is 10.9 Å². The van der Waals surface area contributed by atoms with E-state index in [-0.39, 0.29) is 0 Å². The molecule has 1 aromatic carbocycles. The first-order valence-corrected chi connectivity index (χ1v) is 7.12. The number of nitrogens with one attached hydrogen (secondary N) is 1. The monoisotopic (exact) mass is 303 g/mol. The summed E-state index contributed by atoms with van der Waals surface area (Å²) in [5.74, 6) is 0.599. The highest BCUT2D eigenvalue weighted by atomic mass is 15.4. The zero-order valence-corrected chi connectivity index (χ0v) is 12.4. The molecule has 0 spiro atoms. The van der Waals surface area contributed by atoms with Crippen LogP contribution < -0.4 is 5.49 Å². The molecule has 0 fully saturated rings. The lowest BCUT2D eigenvalue weighted by Gasteiger charge is -2.05. The van der Waals surface area contributed by atoms with E-state index in [2.05, 4.69) is 30.5 Å². The maximum absolute atomic E-state index is 4.61. The van der Waals surface area contributed by atoms with Gasteiger partial charge in [-0.1, -0.05) is 36.4 Å². The second kappa shape index (κ2) is 5.45. The van der Waals surface area contributed by atoms with E-state index in [1.807, 2.05) is 55.6 Å². The Balaban J connectivity index is 2.01. The zero-order chi connectivity index (χ0) is 15.6. The number of hydrogen-bond acceptors (Lipinski definition) is 5. The number of benzene rings is 1. The minimum Gasteiger partial charge on any atom is -0.248 e. The fourth-order valence-corrected chi connectivity index (χ4v) is 2.39. The SMILES string of the molecule is Cn1nc(-c2ccccc2)c2n[nH]nc2/c1=N/c1ccccn1. The van der Waals surface area contributed by atoms with Crippen LogP contribution in [0.25, 0.3) is 22.3 Å². The Kier molecular flexibility index (Phi) is 3.16. The van der Waals surface area contributed by atoms with Gasteiger partial charge in [0, 0.05) is 18.8 Å². The summed E-state index contributed by atoms with van der Waals surface area (Å²) in [6.45, 7) is 0. The number of nitrogens with zero attached hydrogens (tertiary/aromatic N) is 6. The van der Waals surface area contributed by atoms with Gasteiger partial charge in [0.1, 0.15) is 11.2 Å². The lowest BCUT2D eigenvalue weighted by molar-refractivity contribution is 0.705. The Labute approximate surface area is 131 Å². The normalized spacial score (nSPS) is 12.0. The minimum absolute atomic E-state index is 0.599. The third-order valence-corrected chi connectivity index (χ3v) is 3.46. The van der Waals surface area contributed by atoms with Crippen LogP contribution in [0.15, 0.2) is 59.7 Å². The molecule has 4 rings (SSSR count). The molecule has 0 aliphatic rings. The van der Waals surface area contributed by atoms with Crippen LogP contribution in [0.3, 0.4) is 0 Å². The molecule has 0 bridgehead atoms. The third-order valence-electron chi connectivity index (χ3n) is 3.46. The van der Waals surface area contributed by atoms with Gasteiger partial charge < -0.3 is 0 Å². The molecule has 23 heavy (non-hydrogen) atoms. The van der Waals surface area contributed by atoms with Crippen molar-refractivity contribution in [1.82, 2.24) is 30.2 Å². The average Bonchev–Trinajstić information content (AvgIpc) is 3.08. The van der Waals surface area contributed by atoms with E-state index in [4.69, 9.17) is 0 Å². The molecule has 7 heteroatoms. The van der Waals surface area contributed by atoms with Gasteiger partial charge in [-0.2, -0.15) is 20.5 Å². The Bertz CT molecular complexity index is 1020. The average molecular weight is 303 g/mol. The summed E-state index contributed by atoms with van der Waals surface area (Å²) in [6.07, 6.45) is 1.70. The van der Waals surface area contributed by atoms with Crippen molar-refractivity contribution < 1.29 is 0 Å². The van der Waals surface area contributed by atoms with Gasteiger partial charge in [-0.25, -0.2) is 14.7 Å². The minimum atomic E-state index is 0.599. The molecular formula is C16H13N7. The smallest absolute Gasteiger partial charge is 0.181 e. The van der Waals surface area contributed by atoms with Crippen LogP contribution in [0.5, 0.6) is 0 Å². The van der Waals surface area contributed by atoms with Crippen LogP contribution in [0.2, 0.25) is 0 Å². The van der Waals surface area contributed by atoms with Gasteiger partial charge in [-0.3, -0.25) is 0 Å². The molecule has 0 radical (unpaired) electrons. The number of aryl methyl sites for hydroxylation is 1.